The topological polar surface area (TPSA) is 88.2 Å². The Bertz CT molecular complexity index is 660. The van der Waals surface area contributed by atoms with E-state index in [0.717, 1.165) is 11.3 Å². The summed E-state index contributed by atoms with van der Waals surface area (Å²) in [5.41, 5.74) is 2.12. The molecule has 1 aromatic carbocycles. The van der Waals surface area contributed by atoms with Gasteiger partial charge in [0.2, 0.25) is 0 Å². The van der Waals surface area contributed by atoms with E-state index < -0.39 is 18.3 Å². The minimum absolute atomic E-state index is 0.146. The van der Waals surface area contributed by atoms with Gasteiger partial charge in [-0.2, -0.15) is 0 Å². The lowest BCUT2D eigenvalue weighted by molar-refractivity contribution is -0.127. The number of amides is 3. The van der Waals surface area contributed by atoms with Crippen LogP contribution in [0.1, 0.15) is 5.56 Å². The van der Waals surface area contributed by atoms with Crippen LogP contribution < -0.4 is 15.1 Å². The minimum Gasteiger partial charge on any atom is -0.444 e. The molecule has 0 spiro atoms. The quantitative estimate of drug-likeness (QED) is 0.875. The van der Waals surface area contributed by atoms with Crippen LogP contribution in [-0.4, -0.2) is 44.8 Å². The van der Waals surface area contributed by atoms with Gasteiger partial charge in [-0.1, -0.05) is 0 Å². The highest BCUT2D eigenvalue weighted by molar-refractivity contribution is 5.96. The van der Waals surface area contributed by atoms with Crippen LogP contribution in [0, 0.1) is 0 Å². The minimum atomic E-state index is -0.825. The molecule has 2 aliphatic heterocycles. The van der Waals surface area contributed by atoms with Crippen molar-refractivity contribution in [2.45, 2.75) is 12.7 Å². The van der Waals surface area contributed by atoms with Crippen molar-refractivity contribution in [3.05, 3.63) is 23.8 Å². The number of ether oxygens (including phenoxy) is 2. The van der Waals surface area contributed by atoms with Gasteiger partial charge in [0.05, 0.1) is 12.2 Å². The summed E-state index contributed by atoms with van der Waals surface area (Å²) in [5, 5.41) is 2.45. The van der Waals surface area contributed by atoms with Crippen molar-refractivity contribution in [1.82, 2.24) is 5.32 Å². The number of benzene rings is 1. The predicted octanol–water partition coefficient (Wildman–Crippen LogP) is 0.844. The fourth-order valence-corrected chi connectivity index (χ4v) is 2.49. The Morgan fingerprint density at radius 3 is 2.82 bits per heavy atom. The normalized spacial score (nSPS) is 20.4. The molecule has 22 heavy (non-hydrogen) atoms. The summed E-state index contributed by atoms with van der Waals surface area (Å²) in [7, 11) is 3.10. The molecular weight excluding hydrogens is 290 g/mol. The number of hydrogen-bond donors (Lipinski definition) is 1. The average Bonchev–Trinajstić information content (AvgIpc) is 2.92. The molecule has 2 aliphatic rings. The number of anilines is 2. The first-order valence-electron chi connectivity index (χ1n) is 6.74. The summed E-state index contributed by atoms with van der Waals surface area (Å²) >= 11 is 0. The lowest BCUT2D eigenvalue weighted by atomic mass is 10.1. The molecule has 0 saturated carbocycles. The van der Waals surface area contributed by atoms with Gasteiger partial charge in [-0.3, -0.25) is 14.6 Å². The number of carbonyl (C=O) groups is 3. The molecular formula is C14H15N3O5. The zero-order valence-electron chi connectivity index (χ0n) is 12.2. The van der Waals surface area contributed by atoms with Crippen molar-refractivity contribution >= 4 is 29.5 Å². The summed E-state index contributed by atoms with van der Waals surface area (Å²) in [6, 6.07) is 5.21. The number of cyclic esters (lactones) is 2. The molecule has 3 rings (SSSR count). The second-order valence-corrected chi connectivity index (χ2v) is 5.02. The van der Waals surface area contributed by atoms with Crippen molar-refractivity contribution in [3.63, 3.8) is 0 Å². The number of carbonyl (C=O) groups excluding carboxylic acids is 3. The van der Waals surface area contributed by atoms with Gasteiger partial charge in [0.25, 0.3) is 5.91 Å². The maximum absolute atomic E-state index is 11.9. The van der Waals surface area contributed by atoms with Crippen LogP contribution in [0.5, 0.6) is 0 Å². The van der Waals surface area contributed by atoms with E-state index in [1.54, 1.807) is 25.2 Å². The highest BCUT2D eigenvalue weighted by Crippen LogP contribution is 2.31. The Labute approximate surface area is 126 Å². The van der Waals surface area contributed by atoms with Gasteiger partial charge in [0.1, 0.15) is 6.61 Å². The Kier molecular flexibility index (Phi) is 3.36. The highest BCUT2D eigenvalue weighted by atomic mass is 16.6. The molecule has 0 radical (unpaired) electrons. The van der Waals surface area contributed by atoms with Crippen LogP contribution in [-0.2, 0) is 20.9 Å². The van der Waals surface area contributed by atoms with Crippen molar-refractivity contribution in [3.8, 4) is 0 Å². The lowest BCUT2D eigenvalue weighted by Crippen LogP contribution is -2.35. The van der Waals surface area contributed by atoms with Crippen LogP contribution in [0.4, 0.5) is 21.0 Å². The Morgan fingerprint density at radius 2 is 2.09 bits per heavy atom. The van der Waals surface area contributed by atoms with Crippen LogP contribution in [0.25, 0.3) is 0 Å². The monoisotopic (exact) mass is 305 g/mol. The van der Waals surface area contributed by atoms with Crippen molar-refractivity contribution in [1.29, 1.82) is 0 Å². The number of rotatable bonds is 2. The summed E-state index contributed by atoms with van der Waals surface area (Å²) in [6.45, 7) is 0.293. The molecule has 1 atom stereocenters. The van der Waals surface area contributed by atoms with E-state index in [2.05, 4.69) is 5.32 Å². The third-order valence-corrected chi connectivity index (χ3v) is 3.71. The Balaban J connectivity index is 1.86. The van der Waals surface area contributed by atoms with E-state index in [1.807, 2.05) is 0 Å². The standard InChI is InChI=1S/C14H15N3O5/c1-15-12(18)11-6-17(14(20)22-11)9-3-4-10-8(5-9)7-21-13(19)16(10)2/h3-5,11H,6-7H2,1-2H3,(H,15,18)/t11-/m1/s1. The Hall–Kier alpha value is -2.77. The number of nitrogens with one attached hydrogen (secondary N) is 1. The van der Waals surface area contributed by atoms with Gasteiger partial charge >= 0.3 is 12.2 Å². The van der Waals surface area contributed by atoms with Crippen LogP contribution in [0.2, 0.25) is 0 Å². The molecule has 0 bridgehead atoms. The summed E-state index contributed by atoms with van der Waals surface area (Å²) in [4.78, 5) is 37.7. The molecule has 116 valence electrons. The molecule has 1 N–H and O–H groups in total. The smallest absolute Gasteiger partial charge is 0.415 e. The molecule has 0 unspecified atom stereocenters. The van der Waals surface area contributed by atoms with E-state index in [1.165, 1.54) is 16.8 Å². The first-order chi connectivity index (χ1) is 10.5. The summed E-state index contributed by atoms with van der Waals surface area (Å²) in [6.07, 6.45) is -1.82. The molecule has 8 nitrogen and oxygen atoms in total. The maximum Gasteiger partial charge on any atom is 0.415 e. The van der Waals surface area contributed by atoms with E-state index >= 15 is 0 Å². The number of fused-ring (bicyclic) bond motifs is 1. The first kappa shape index (κ1) is 14.2. The van der Waals surface area contributed by atoms with E-state index in [-0.39, 0.29) is 19.1 Å². The van der Waals surface area contributed by atoms with E-state index in [9.17, 15) is 14.4 Å². The van der Waals surface area contributed by atoms with Crippen LogP contribution in [0.15, 0.2) is 18.2 Å². The number of nitrogens with zero attached hydrogens (tertiary/aromatic N) is 2. The lowest BCUT2D eigenvalue weighted by Gasteiger charge is -2.26. The van der Waals surface area contributed by atoms with Gasteiger partial charge in [-0.25, -0.2) is 9.59 Å². The zero-order valence-corrected chi connectivity index (χ0v) is 12.2. The van der Waals surface area contributed by atoms with Gasteiger partial charge in [0, 0.05) is 25.3 Å². The van der Waals surface area contributed by atoms with E-state index in [0.29, 0.717) is 5.69 Å². The van der Waals surface area contributed by atoms with Crippen molar-refractivity contribution in [2.75, 3.05) is 30.4 Å². The van der Waals surface area contributed by atoms with Gasteiger partial charge in [0.15, 0.2) is 6.10 Å². The molecule has 1 aromatic rings. The largest absolute Gasteiger partial charge is 0.444 e. The van der Waals surface area contributed by atoms with Crippen molar-refractivity contribution in [2.24, 2.45) is 0 Å². The summed E-state index contributed by atoms with van der Waals surface area (Å²) < 4.78 is 10.1. The number of hydrogen-bond acceptors (Lipinski definition) is 5. The summed E-state index contributed by atoms with van der Waals surface area (Å²) in [5.74, 6) is -0.345. The van der Waals surface area contributed by atoms with Crippen molar-refractivity contribution < 1.29 is 23.9 Å². The molecule has 1 saturated heterocycles. The third-order valence-electron chi connectivity index (χ3n) is 3.71. The third kappa shape index (κ3) is 2.22. The molecule has 1 fully saturated rings. The van der Waals surface area contributed by atoms with E-state index in [4.69, 9.17) is 9.47 Å². The first-order valence-corrected chi connectivity index (χ1v) is 6.74. The second-order valence-electron chi connectivity index (χ2n) is 5.02. The maximum atomic E-state index is 11.9. The second kappa shape index (κ2) is 5.21. The molecule has 0 aliphatic carbocycles. The molecule has 0 aromatic heterocycles. The molecule has 2 heterocycles. The highest BCUT2D eigenvalue weighted by Gasteiger charge is 2.37. The SMILES string of the molecule is CNC(=O)[C@H]1CN(c2ccc3c(c2)COC(=O)N3C)C(=O)O1. The van der Waals surface area contributed by atoms with Crippen LogP contribution in [0.3, 0.4) is 0 Å². The van der Waals surface area contributed by atoms with Gasteiger partial charge in [-0.15, -0.1) is 0 Å². The number of likely N-dealkylation sites (N-methyl/N-ethyl adjacent to an activating group) is 1. The molecule has 3 amide bonds. The average molecular weight is 305 g/mol. The van der Waals surface area contributed by atoms with Gasteiger partial charge in [-0.05, 0) is 18.2 Å². The van der Waals surface area contributed by atoms with Crippen LogP contribution >= 0.6 is 0 Å². The Morgan fingerprint density at radius 1 is 1.32 bits per heavy atom. The fraction of sp³-hybridized carbons (Fsp3) is 0.357. The zero-order chi connectivity index (χ0) is 15.9. The predicted molar refractivity (Wildman–Crippen MR) is 76.7 cm³/mol. The van der Waals surface area contributed by atoms with Gasteiger partial charge < -0.3 is 14.8 Å². The fourth-order valence-electron chi connectivity index (χ4n) is 2.49. The molecule has 8 heteroatoms.